The fraction of sp³-hybridized carbons (Fsp3) is 0.448. The van der Waals surface area contributed by atoms with E-state index in [1.165, 1.54) is 33.1 Å². The Balaban J connectivity index is 2.31. The number of alkyl carbamates (subject to hydrolysis) is 1. The Morgan fingerprint density at radius 2 is 1.88 bits per heavy atom. The predicted octanol–water partition coefficient (Wildman–Crippen LogP) is 7.54. The zero-order valence-corrected chi connectivity index (χ0v) is 27.2. The summed E-state index contributed by atoms with van der Waals surface area (Å²) >= 11 is 8.10. The predicted molar refractivity (Wildman–Crippen MR) is 162 cm³/mol. The number of nitrogens with zero attached hydrogens (tertiary/aromatic N) is 1. The van der Waals surface area contributed by atoms with E-state index in [0.717, 1.165) is 15.4 Å². The third-order valence-electron chi connectivity index (χ3n) is 5.78. The van der Waals surface area contributed by atoms with Crippen molar-refractivity contribution in [1.29, 1.82) is 5.26 Å². The first-order valence-corrected chi connectivity index (χ1v) is 15.6. The molecule has 0 aliphatic rings. The molecule has 1 N–H and O–H groups in total. The first-order valence-electron chi connectivity index (χ1n) is 12.9. The summed E-state index contributed by atoms with van der Waals surface area (Å²) in [6.45, 7) is 8.95. The summed E-state index contributed by atoms with van der Waals surface area (Å²) in [6.07, 6.45) is 1.99. The molecule has 0 saturated heterocycles. The number of phosphoric acid groups is 1. The average Bonchev–Trinajstić information content (AvgIpc) is 2.94. The highest BCUT2D eigenvalue weighted by Crippen LogP contribution is 2.48. The second-order valence-electron chi connectivity index (χ2n) is 10.2. The molecule has 2 aromatic carbocycles. The molecule has 0 aromatic heterocycles. The Kier molecular flexibility index (Phi) is 13.9. The summed E-state index contributed by atoms with van der Waals surface area (Å²) in [7, 11) is 0.111. The Morgan fingerprint density at radius 3 is 2.45 bits per heavy atom. The van der Waals surface area contributed by atoms with Gasteiger partial charge in [0.1, 0.15) is 11.4 Å². The summed E-state index contributed by atoms with van der Waals surface area (Å²) in [5.41, 5.74) is -0.505. The van der Waals surface area contributed by atoms with Crippen LogP contribution >= 0.6 is 31.2 Å². The largest absolute Gasteiger partial charge is 0.474 e. The van der Waals surface area contributed by atoms with Gasteiger partial charge in [0, 0.05) is 31.2 Å². The van der Waals surface area contributed by atoms with E-state index in [4.69, 9.17) is 39.4 Å². The number of carbonyl (C=O) groups is 1. The molecule has 0 heterocycles. The number of carbonyl (C=O) groups excluding carboxylic acids is 1. The van der Waals surface area contributed by atoms with Gasteiger partial charge < -0.3 is 19.5 Å². The van der Waals surface area contributed by atoms with Crippen molar-refractivity contribution in [2.24, 2.45) is 0 Å². The van der Waals surface area contributed by atoms with Crippen molar-refractivity contribution in [3.8, 4) is 11.8 Å². The van der Waals surface area contributed by atoms with Crippen molar-refractivity contribution in [2.45, 2.75) is 61.0 Å². The minimum absolute atomic E-state index is 0.0663. The van der Waals surface area contributed by atoms with E-state index >= 15 is 0 Å². The van der Waals surface area contributed by atoms with Crippen LogP contribution in [-0.4, -0.2) is 52.0 Å². The van der Waals surface area contributed by atoms with Crippen molar-refractivity contribution in [1.82, 2.24) is 5.32 Å². The third-order valence-corrected chi connectivity index (χ3v) is 8.50. The number of aryl methyl sites for hydroxylation is 1. The van der Waals surface area contributed by atoms with Gasteiger partial charge in [0.15, 0.2) is 6.79 Å². The van der Waals surface area contributed by atoms with Crippen molar-refractivity contribution in [3.05, 3.63) is 65.2 Å². The molecule has 42 heavy (non-hydrogen) atoms. The number of rotatable bonds is 16. The maximum absolute atomic E-state index is 12.8. The van der Waals surface area contributed by atoms with E-state index < -0.39 is 25.1 Å². The molecule has 0 bridgehead atoms. The lowest BCUT2D eigenvalue weighted by atomic mass is 9.88. The summed E-state index contributed by atoms with van der Waals surface area (Å²) < 4.78 is 44.2. The maximum atomic E-state index is 12.8. The number of ether oxygens (including phenoxy) is 3. The molecular weight excluding hydrogens is 603 g/mol. The minimum Gasteiger partial charge on any atom is -0.466 e. The molecule has 230 valence electrons. The first kappa shape index (κ1) is 35.6. The van der Waals surface area contributed by atoms with Gasteiger partial charge in [0.05, 0.1) is 28.7 Å². The zero-order chi connectivity index (χ0) is 31.4. The standard InChI is InChI=1S/C29H38ClN2O8PS/c1-8-14-29(19-39-41(34,36-6)37-7,32-27(33)40-28(2,3)4)15-13-22-10-11-23(17-24(22)30)42-26-16-21(18-31)9-12-25(26)38-20-35-5/h8-12,16-17H,1,13-15,19-20H2,2-7H3,(H,32,33)/t29-/m0/s1. The molecule has 1 amide bonds. The van der Waals surface area contributed by atoms with Gasteiger partial charge in [-0.3, -0.25) is 13.6 Å². The van der Waals surface area contributed by atoms with Crippen LogP contribution in [0, 0.1) is 11.3 Å². The summed E-state index contributed by atoms with van der Waals surface area (Å²) in [6, 6.07) is 12.9. The summed E-state index contributed by atoms with van der Waals surface area (Å²) in [5, 5.41) is 12.7. The smallest absolute Gasteiger partial charge is 0.466 e. The highest BCUT2D eigenvalue weighted by Gasteiger charge is 2.37. The molecule has 0 fully saturated rings. The lowest BCUT2D eigenvalue weighted by Crippen LogP contribution is -2.53. The van der Waals surface area contributed by atoms with E-state index in [9.17, 15) is 14.6 Å². The fourth-order valence-electron chi connectivity index (χ4n) is 3.76. The van der Waals surface area contributed by atoms with E-state index in [0.29, 0.717) is 29.2 Å². The number of methoxy groups -OCH3 is 1. The molecule has 10 nitrogen and oxygen atoms in total. The number of nitriles is 1. The first-order chi connectivity index (χ1) is 19.8. The fourth-order valence-corrected chi connectivity index (χ4v) is 5.84. The van der Waals surface area contributed by atoms with Gasteiger partial charge in [0.2, 0.25) is 0 Å². The van der Waals surface area contributed by atoms with Crippen LogP contribution in [0.1, 0.15) is 44.7 Å². The van der Waals surface area contributed by atoms with Gasteiger partial charge in [-0.25, -0.2) is 9.36 Å². The van der Waals surface area contributed by atoms with Crippen LogP contribution in [0.4, 0.5) is 4.79 Å². The Hall–Kier alpha value is -2.55. The number of hydrogen-bond acceptors (Lipinski definition) is 10. The van der Waals surface area contributed by atoms with E-state index in [1.54, 1.807) is 45.0 Å². The second-order valence-corrected chi connectivity index (χ2v) is 13.6. The number of nitrogens with one attached hydrogen (secondary N) is 1. The molecule has 13 heteroatoms. The van der Waals surface area contributed by atoms with E-state index in [-0.39, 0.29) is 19.8 Å². The molecule has 2 rings (SSSR count). The molecule has 0 aliphatic carbocycles. The zero-order valence-electron chi connectivity index (χ0n) is 24.7. The van der Waals surface area contributed by atoms with Gasteiger partial charge in [0.25, 0.3) is 0 Å². The van der Waals surface area contributed by atoms with Crippen LogP contribution in [0.5, 0.6) is 5.75 Å². The Labute approximate surface area is 257 Å². The van der Waals surface area contributed by atoms with Crippen molar-refractivity contribution in [2.75, 3.05) is 34.7 Å². The average molecular weight is 641 g/mol. The van der Waals surface area contributed by atoms with E-state index in [1.807, 2.05) is 18.2 Å². The van der Waals surface area contributed by atoms with E-state index in [2.05, 4.69) is 18.0 Å². The van der Waals surface area contributed by atoms with Crippen molar-refractivity contribution >= 4 is 37.3 Å². The highest BCUT2D eigenvalue weighted by atomic mass is 35.5. The van der Waals surface area contributed by atoms with Gasteiger partial charge in [-0.05, 0) is 75.9 Å². The lowest BCUT2D eigenvalue weighted by molar-refractivity contribution is 0.0369. The van der Waals surface area contributed by atoms with Crippen LogP contribution in [0.25, 0.3) is 0 Å². The normalized spacial score (nSPS) is 13.1. The molecule has 0 spiro atoms. The molecule has 0 saturated carbocycles. The number of phosphoric ester groups is 1. The van der Waals surface area contributed by atoms with Gasteiger partial charge >= 0.3 is 13.9 Å². The molecule has 2 aromatic rings. The summed E-state index contributed by atoms with van der Waals surface area (Å²) in [5.74, 6) is 0.577. The Morgan fingerprint density at radius 1 is 1.17 bits per heavy atom. The topological polar surface area (TPSA) is 125 Å². The molecule has 1 atom stereocenters. The summed E-state index contributed by atoms with van der Waals surface area (Å²) in [4.78, 5) is 14.4. The minimum atomic E-state index is -3.84. The highest BCUT2D eigenvalue weighted by molar-refractivity contribution is 7.99. The lowest BCUT2D eigenvalue weighted by Gasteiger charge is -2.35. The molecule has 0 radical (unpaired) electrons. The van der Waals surface area contributed by atoms with Crippen LogP contribution < -0.4 is 10.1 Å². The van der Waals surface area contributed by atoms with Crippen LogP contribution in [0.3, 0.4) is 0 Å². The molecule has 0 unspecified atom stereocenters. The molecular formula is C29H38ClN2O8PS. The Bertz CT molecular complexity index is 1310. The van der Waals surface area contributed by atoms with Crippen LogP contribution in [0.15, 0.2) is 58.8 Å². The van der Waals surface area contributed by atoms with Crippen LogP contribution in [0.2, 0.25) is 5.02 Å². The monoisotopic (exact) mass is 640 g/mol. The number of halogens is 1. The van der Waals surface area contributed by atoms with Gasteiger partial charge in [-0.15, -0.1) is 6.58 Å². The van der Waals surface area contributed by atoms with Crippen molar-refractivity contribution < 1.29 is 37.1 Å². The SMILES string of the molecule is C=CC[C@](CCc1ccc(Sc2cc(C#N)ccc2OCOC)cc1Cl)(COP(=O)(OC)OC)NC(=O)OC(C)(C)C. The number of hydrogen-bond donors (Lipinski definition) is 1. The van der Waals surface area contributed by atoms with Crippen molar-refractivity contribution in [3.63, 3.8) is 0 Å². The van der Waals surface area contributed by atoms with Gasteiger partial charge in [-0.1, -0.05) is 35.5 Å². The van der Waals surface area contributed by atoms with Gasteiger partial charge in [-0.2, -0.15) is 5.26 Å². The molecule has 0 aliphatic heterocycles. The second kappa shape index (κ2) is 16.3. The quantitative estimate of drug-likeness (QED) is 0.112. The number of amides is 1. The van der Waals surface area contributed by atoms with Crippen LogP contribution in [-0.2, 0) is 34.0 Å². The maximum Gasteiger partial charge on any atom is 0.474 e. The third kappa shape index (κ3) is 11.3. The number of benzene rings is 2.